The number of amides is 1. The van der Waals surface area contributed by atoms with Crippen LogP contribution in [0.15, 0.2) is 47.2 Å². The summed E-state index contributed by atoms with van der Waals surface area (Å²) in [7, 11) is 0. The third-order valence-electron chi connectivity index (χ3n) is 2.59. The highest BCUT2D eigenvalue weighted by Crippen LogP contribution is 2.05. The van der Waals surface area contributed by atoms with Crippen LogP contribution >= 0.6 is 15.9 Å². The van der Waals surface area contributed by atoms with Crippen LogP contribution in [-0.2, 0) is 6.42 Å². The van der Waals surface area contributed by atoms with Crippen molar-refractivity contribution in [3.05, 3.63) is 58.6 Å². The molecule has 1 amide bonds. The number of benzene rings is 1. The van der Waals surface area contributed by atoms with E-state index in [-0.39, 0.29) is 17.8 Å². The molecule has 2 aromatic rings. The monoisotopic (exact) mass is 319 g/mol. The first-order valence-corrected chi connectivity index (χ1v) is 6.77. The molecule has 1 atom stereocenters. The molecule has 4 nitrogen and oxygen atoms in total. The van der Waals surface area contributed by atoms with Gasteiger partial charge in [0.1, 0.15) is 0 Å². The molecule has 0 aliphatic heterocycles. The summed E-state index contributed by atoms with van der Waals surface area (Å²) in [6.45, 7) is 1.96. The summed E-state index contributed by atoms with van der Waals surface area (Å²) in [5.74, 6) is -0.0703. The van der Waals surface area contributed by atoms with E-state index in [9.17, 15) is 4.79 Å². The molecule has 1 aromatic carbocycles. The van der Waals surface area contributed by atoms with Gasteiger partial charge in [0.05, 0.1) is 4.47 Å². The lowest BCUT2D eigenvalue weighted by Crippen LogP contribution is -2.35. The number of nitrogens with one attached hydrogen (secondary N) is 1. The van der Waals surface area contributed by atoms with E-state index in [1.165, 1.54) is 5.56 Å². The van der Waals surface area contributed by atoms with Gasteiger partial charge >= 0.3 is 0 Å². The van der Waals surface area contributed by atoms with Crippen LogP contribution in [0.5, 0.6) is 0 Å². The summed E-state index contributed by atoms with van der Waals surface area (Å²) < 4.78 is 0.751. The summed E-state index contributed by atoms with van der Waals surface area (Å²) >= 11 is 3.23. The molecule has 0 aliphatic carbocycles. The second kappa shape index (κ2) is 6.43. The second-order valence-corrected chi connectivity index (χ2v) is 5.20. The Hall–Kier alpha value is -1.75. The number of carbonyl (C=O) groups is 1. The number of carbonyl (C=O) groups excluding carboxylic acids is 1. The van der Waals surface area contributed by atoms with Crippen molar-refractivity contribution >= 4 is 21.8 Å². The lowest BCUT2D eigenvalue weighted by molar-refractivity contribution is 0.0929. The molecule has 0 aliphatic rings. The normalized spacial score (nSPS) is 11.9. The molecule has 19 heavy (non-hydrogen) atoms. The molecule has 0 radical (unpaired) electrons. The largest absolute Gasteiger partial charge is 0.347 e. The summed E-state index contributed by atoms with van der Waals surface area (Å²) in [5.41, 5.74) is 1.19. The van der Waals surface area contributed by atoms with Crippen LogP contribution in [0.1, 0.15) is 23.1 Å². The highest BCUT2D eigenvalue weighted by Gasteiger charge is 2.12. The predicted molar refractivity (Wildman–Crippen MR) is 76.8 cm³/mol. The third kappa shape index (κ3) is 4.13. The molecular weight excluding hydrogens is 306 g/mol. The Balaban J connectivity index is 1.93. The van der Waals surface area contributed by atoms with Crippen LogP contribution in [0.3, 0.4) is 0 Å². The van der Waals surface area contributed by atoms with Crippen LogP contribution in [0.4, 0.5) is 0 Å². The first-order chi connectivity index (χ1) is 9.15. The predicted octanol–water partition coefficient (Wildman–Crippen LogP) is 2.60. The van der Waals surface area contributed by atoms with E-state index in [0.717, 1.165) is 10.9 Å². The highest BCUT2D eigenvalue weighted by molar-refractivity contribution is 9.10. The molecule has 2 rings (SSSR count). The van der Waals surface area contributed by atoms with E-state index >= 15 is 0 Å². The lowest BCUT2D eigenvalue weighted by atomic mass is 10.1. The number of nitrogens with zero attached hydrogens (tertiary/aromatic N) is 2. The molecule has 0 fully saturated rings. The number of hydrogen-bond donors (Lipinski definition) is 1. The number of halogens is 1. The lowest BCUT2D eigenvalue weighted by Gasteiger charge is -2.13. The minimum absolute atomic E-state index is 0.0298. The Bertz CT molecular complexity index is 542. The van der Waals surface area contributed by atoms with Gasteiger partial charge in [-0.05, 0) is 34.8 Å². The Morgan fingerprint density at radius 2 is 1.89 bits per heavy atom. The maximum absolute atomic E-state index is 11.9. The van der Waals surface area contributed by atoms with Gasteiger partial charge in [-0.3, -0.25) is 4.79 Å². The summed E-state index contributed by atoms with van der Waals surface area (Å²) in [6.07, 6.45) is 3.90. The van der Waals surface area contributed by atoms with Crippen molar-refractivity contribution in [3.8, 4) is 0 Å². The molecule has 5 heteroatoms. The maximum atomic E-state index is 11.9. The maximum Gasteiger partial charge on any atom is 0.289 e. The van der Waals surface area contributed by atoms with Gasteiger partial charge in [-0.15, -0.1) is 0 Å². The van der Waals surface area contributed by atoms with Crippen molar-refractivity contribution in [3.63, 3.8) is 0 Å². The van der Waals surface area contributed by atoms with Gasteiger partial charge in [-0.2, -0.15) is 0 Å². The zero-order valence-corrected chi connectivity index (χ0v) is 12.1. The fourth-order valence-corrected chi connectivity index (χ4v) is 1.94. The first-order valence-electron chi connectivity index (χ1n) is 5.97. The molecule has 0 spiro atoms. The van der Waals surface area contributed by atoms with E-state index in [1.807, 2.05) is 37.3 Å². The Morgan fingerprint density at radius 1 is 1.26 bits per heavy atom. The van der Waals surface area contributed by atoms with Gasteiger partial charge in [0.2, 0.25) is 5.82 Å². The molecule has 0 bridgehead atoms. The average molecular weight is 320 g/mol. The van der Waals surface area contributed by atoms with E-state index in [1.54, 1.807) is 12.4 Å². The van der Waals surface area contributed by atoms with E-state index in [4.69, 9.17) is 0 Å². The Kier molecular flexibility index (Phi) is 4.63. The van der Waals surface area contributed by atoms with Gasteiger partial charge in [0, 0.05) is 18.4 Å². The van der Waals surface area contributed by atoms with Gasteiger partial charge in [-0.1, -0.05) is 30.3 Å². The number of rotatable bonds is 4. The van der Waals surface area contributed by atoms with Crippen molar-refractivity contribution in [1.82, 2.24) is 15.3 Å². The van der Waals surface area contributed by atoms with Crippen LogP contribution < -0.4 is 5.32 Å². The third-order valence-corrected chi connectivity index (χ3v) is 3.00. The fourth-order valence-electron chi connectivity index (χ4n) is 1.74. The highest BCUT2D eigenvalue weighted by atomic mass is 79.9. The SMILES string of the molecule is CC(Cc1ccccc1)NC(=O)c1ncc(Br)cn1. The minimum atomic E-state index is -0.254. The summed E-state index contributed by atoms with van der Waals surface area (Å²) in [5, 5.41) is 2.88. The zero-order chi connectivity index (χ0) is 13.7. The average Bonchev–Trinajstić information content (AvgIpc) is 2.40. The quantitative estimate of drug-likeness (QED) is 0.942. The van der Waals surface area contributed by atoms with Gasteiger partial charge in [0.25, 0.3) is 5.91 Å². The van der Waals surface area contributed by atoms with Gasteiger partial charge in [0.15, 0.2) is 0 Å². The number of hydrogen-bond acceptors (Lipinski definition) is 3. The van der Waals surface area contributed by atoms with Gasteiger partial charge < -0.3 is 5.32 Å². The van der Waals surface area contributed by atoms with Crippen LogP contribution in [0.2, 0.25) is 0 Å². The van der Waals surface area contributed by atoms with Crippen molar-refractivity contribution in [1.29, 1.82) is 0 Å². The van der Waals surface area contributed by atoms with Crippen molar-refractivity contribution in [2.45, 2.75) is 19.4 Å². The summed E-state index contributed by atoms with van der Waals surface area (Å²) in [4.78, 5) is 19.8. The van der Waals surface area contributed by atoms with Crippen molar-refractivity contribution in [2.75, 3.05) is 0 Å². The van der Waals surface area contributed by atoms with Crippen molar-refractivity contribution < 1.29 is 4.79 Å². The van der Waals surface area contributed by atoms with Crippen molar-refractivity contribution in [2.24, 2.45) is 0 Å². The molecule has 98 valence electrons. The van der Waals surface area contributed by atoms with Crippen LogP contribution in [-0.4, -0.2) is 21.9 Å². The fraction of sp³-hybridized carbons (Fsp3) is 0.214. The summed E-state index contributed by atoms with van der Waals surface area (Å²) in [6, 6.07) is 10.1. The molecule has 1 aromatic heterocycles. The molecule has 0 saturated carbocycles. The Labute approximate surface area is 120 Å². The molecule has 1 unspecified atom stereocenters. The molecule has 1 N–H and O–H groups in total. The topological polar surface area (TPSA) is 54.9 Å². The smallest absolute Gasteiger partial charge is 0.289 e. The first kappa shape index (κ1) is 13.7. The Morgan fingerprint density at radius 3 is 2.53 bits per heavy atom. The number of aromatic nitrogens is 2. The zero-order valence-electron chi connectivity index (χ0n) is 10.5. The molecule has 0 saturated heterocycles. The van der Waals surface area contributed by atoms with Gasteiger partial charge in [-0.25, -0.2) is 9.97 Å². The second-order valence-electron chi connectivity index (χ2n) is 4.29. The standard InChI is InChI=1S/C14H14BrN3O/c1-10(7-11-5-3-2-4-6-11)18-14(19)13-16-8-12(15)9-17-13/h2-6,8-10H,7H2,1H3,(H,18,19). The van der Waals surface area contributed by atoms with E-state index in [0.29, 0.717) is 0 Å². The van der Waals surface area contributed by atoms with E-state index < -0.39 is 0 Å². The molecule has 1 heterocycles. The molecular formula is C14H14BrN3O. The van der Waals surface area contributed by atoms with Crippen LogP contribution in [0.25, 0.3) is 0 Å². The van der Waals surface area contributed by atoms with Crippen LogP contribution in [0, 0.1) is 0 Å². The van der Waals surface area contributed by atoms with E-state index in [2.05, 4.69) is 31.2 Å². The minimum Gasteiger partial charge on any atom is -0.347 e.